The number of hydrogen-bond donors (Lipinski definition) is 1. The fourth-order valence-electron chi connectivity index (χ4n) is 4.16. The van der Waals surface area contributed by atoms with Crippen molar-refractivity contribution >= 4 is 40.7 Å². The first-order valence-corrected chi connectivity index (χ1v) is 11.7. The number of piperazine rings is 1. The fourth-order valence-corrected chi connectivity index (χ4v) is 4.51. The summed E-state index contributed by atoms with van der Waals surface area (Å²) in [6.45, 7) is 7.17. The molecule has 1 amide bonds. The summed E-state index contributed by atoms with van der Waals surface area (Å²) in [6, 6.07) is 13.8. The van der Waals surface area contributed by atoms with Gasteiger partial charge < -0.3 is 15.5 Å². The average molecular weight is 502 g/mol. The molecule has 0 bridgehead atoms. The van der Waals surface area contributed by atoms with Gasteiger partial charge in [-0.2, -0.15) is 0 Å². The third kappa shape index (κ3) is 5.10. The Bertz CT molecular complexity index is 1190. The molecule has 3 aromatic rings. The zero-order valence-electron chi connectivity index (χ0n) is 19.2. The minimum absolute atomic E-state index is 0.0492. The van der Waals surface area contributed by atoms with Crippen molar-refractivity contribution in [1.29, 1.82) is 0 Å². The van der Waals surface area contributed by atoms with Crippen molar-refractivity contribution in [1.82, 2.24) is 14.9 Å². The molecule has 0 saturated carbocycles. The van der Waals surface area contributed by atoms with Crippen molar-refractivity contribution in [2.24, 2.45) is 5.41 Å². The first kappa shape index (κ1) is 24.2. The predicted octanol–water partition coefficient (Wildman–Crippen LogP) is 5.61. The summed E-state index contributed by atoms with van der Waals surface area (Å²) < 4.78 is 14.7. The smallest absolute Gasteiger partial charge is 0.228 e. The highest BCUT2D eigenvalue weighted by atomic mass is 35.5. The van der Waals surface area contributed by atoms with Crippen LogP contribution in [0.15, 0.2) is 48.5 Å². The van der Waals surface area contributed by atoms with Gasteiger partial charge in [-0.15, -0.1) is 0 Å². The average Bonchev–Trinajstić information content (AvgIpc) is 2.77. The molecule has 6 nitrogen and oxygen atoms in total. The molecular weight excluding hydrogens is 476 g/mol. The van der Waals surface area contributed by atoms with E-state index in [-0.39, 0.29) is 28.9 Å². The van der Waals surface area contributed by atoms with Gasteiger partial charge in [0.1, 0.15) is 11.0 Å². The predicted molar refractivity (Wildman–Crippen MR) is 134 cm³/mol. The number of amides is 1. The molecule has 0 radical (unpaired) electrons. The van der Waals surface area contributed by atoms with Gasteiger partial charge in [-0.1, -0.05) is 68.2 Å². The Morgan fingerprint density at radius 1 is 1.06 bits per heavy atom. The van der Waals surface area contributed by atoms with Crippen LogP contribution in [-0.4, -0.2) is 40.4 Å². The van der Waals surface area contributed by atoms with Crippen molar-refractivity contribution in [2.45, 2.75) is 26.8 Å². The van der Waals surface area contributed by atoms with E-state index in [2.05, 4.69) is 9.97 Å². The van der Waals surface area contributed by atoms with Crippen molar-refractivity contribution < 1.29 is 9.18 Å². The first-order valence-electron chi connectivity index (χ1n) is 10.9. The molecule has 1 saturated heterocycles. The third-order valence-corrected chi connectivity index (χ3v) is 6.27. The molecule has 1 aromatic heterocycles. The van der Waals surface area contributed by atoms with Crippen LogP contribution in [0.2, 0.25) is 10.2 Å². The number of benzene rings is 2. The Kier molecular flexibility index (Phi) is 6.69. The van der Waals surface area contributed by atoms with E-state index in [1.54, 1.807) is 18.2 Å². The zero-order valence-corrected chi connectivity index (χ0v) is 20.7. The monoisotopic (exact) mass is 501 g/mol. The Balaban J connectivity index is 1.68. The summed E-state index contributed by atoms with van der Waals surface area (Å²) in [5.74, 6) is -0.231. The number of hydrogen-bond acceptors (Lipinski definition) is 5. The number of anilines is 2. The van der Waals surface area contributed by atoms with E-state index in [4.69, 9.17) is 28.9 Å². The minimum Gasteiger partial charge on any atom is -0.368 e. The van der Waals surface area contributed by atoms with Crippen molar-refractivity contribution in [3.05, 3.63) is 70.1 Å². The maximum atomic E-state index is 14.7. The van der Waals surface area contributed by atoms with Crippen molar-refractivity contribution in [2.75, 3.05) is 30.3 Å². The lowest BCUT2D eigenvalue weighted by Gasteiger charge is -2.44. The summed E-state index contributed by atoms with van der Waals surface area (Å²) in [7, 11) is 0. The van der Waals surface area contributed by atoms with E-state index in [0.717, 1.165) is 11.1 Å². The Hall–Kier alpha value is -2.90. The minimum atomic E-state index is -0.541. The van der Waals surface area contributed by atoms with Gasteiger partial charge in [0, 0.05) is 41.7 Å². The summed E-state index contributed by atoms with van der Waals surface area (Å²) >= 11 is 12.0. The van der Waals surface area contributed by atoms with E-state index in [0.29, 0.717) is 36.0 Å². The molecule has 2 heterocycles. The normalized spacial score (nSPS) is 16.6. The molecule has 2 N–H and O–H groups in total. The summed E-state index contributed by atoms with van der Waals surface area (Å²) in [5, 5.41) is 0.613. The number of carbonyl (C=O) groups excluding carboxylic acids is 1. The number of aromatic nitrogens is 2. The molecule has 34 heavy (non-hydrogen) atoms. The Morgan fingerprint density at radius 3 is 2.38 bits per heavy atom. The number of nitrogens with two attached hydrogens (primary N) is 1. The lowest BCUT2D eigenvalue weighted by Crippen LogP contribution is -2.53. The van der Waals surface area contributed by atoms with Crippen LogP contribution in [0.3, 0.4) is 0 Å². The number of carbonyl (C=O) groups is 1. The second-order valence-corrected chi connectivity index (χ2v) is 10.2. The van der Waals surface area contributed by atoms with Gasteiger partial charge in [-0.25, -0.2) is 14.4 Å². The van der Waals surface area contributed by atoms with Crippen LogP contribution in [0.1, 0.15) is 32.4 Å². The van der Waals surface area contributed by atoms with E-state index < -0.39 is 5.41 Å². The summed E-state index contributed by atoms with van der Waals surface area (Å²) in [6.07, 6.45) is 0. The molecule has 4 rings (SSSR count). The lowest BCUT2D eigenvalue weighted by atomic mass is 9.91. The maximum absolute atomic E-state index is 14.7. The van der Waals surface area contributed by atoms with Crippen LogP contribution in [0.25, 0.3) is 11.3 Å². The number of nitrogens with zero attached hydrogens (tertiary/aromatic N) is 4. The highest BCUT2D eigenvalue weighted by molar-refractivity contribution is 6.30. The Morgan fingerprint density at radius 2 is 1.76 bits per heavy atom. The van der Waals surface area contributed by atoms with Gasteiger partial charge in [0.2, 0.25) is 11.9 Å². The van der Waals surface area contributed by atoms with Crippen molar-refractivity contribution in [3.63, 3.8) is 0 Å². The van der Waals surface area contributed by atoms with Crippen LogP contribution >= 0.6 is 23.2 Å². The zero-order chi connectivity index (χ0) is 24.6. The van der Waals surface area contributed by atoms with Crippen LogP contribution < -0.4 is 10.6 Å². The number of nitrogen functional groups attached to an aromatic ring is 1. The standard InChI is InChI=1S/C25H26Cl2FN5O/c1-25(2,3)23(34)33-11-10-32(20-9-8-17(26)12-18(20)28)14-21(33)16-6-4-15(5-7-16)19-13-22(27)31-24(29)30-19/h4-9,12-13,21H,10-11,14H2,1-3H3,(H2,29,30,31). The molecule has 178 valence electrons. The SMILES string of the molecule is CC(C)(C)C(=O)N1CCN(c2ccc(Cl)cc2F)CC1c1ccc(-c2cc(Cl)nc(N)n2)cc1. The van der Waals surface area contributed by atoms with Crippen LogP contribution in [0, 0.1) is 11.2 Å². The highest BCUT2D eigenvalue weighted by Gasteiger charge is 2.37. The molecular formula is C25H26Cl2FN5O. The molecule has 0 spiro atoms. The van der Waals surface area contributed by atoms with E-state index in [9.17, 15) is 9.18 Å². The Labute approximate surface area is 208 Å². The van der Waals surface area contributed by atoms with Gasteiger partial charge >= 0.3 is 0 Å². The van der Waals surface area contributed by atoms with Gasteiger partial charge in [-0.3, -0.25) is 4.79 Å². The van der Waals surface area contributed by atoms with E-state index in [1.165, 1.54) is 6.07 Å². The molecule has 1 aliphatic rings. The lowest BCUT2D eigenvalue weighted by molar-refractivity contribution is -0.142. The highest BCUT2D eigenvalue weighted by Crippen LogP contribution is 2.34. The van der Waals surface area contributed by atoms with Crippen LogP contribution in [0.5, 0.6) is 0 Å². The topological polar surface area (TPSA) is 75.4 Å². The molecule has 1 fully saturated rings. The molecule has 1 aliphatic heterocycles. The van der Waals surface area contributed by atoms with Gasteiger partial charge in [0.05, 0.1) is 17.4 Å². The molecule has 0 aliphatic carbocycles. The first-order chi connectivity index (χ1) is 16.0. The van der Waals surface area contributed by atoms with Crippen LogP contribution in [0.4, 0.5) is 16.0 Å². The number of rotatable bonds is 3. The molecule has 2 aromatic carbocycles. The second-order valence-electron chi connectivity index (χ2n) is 9.36. The van der Waals surface area contributed by atoms with Crippen molar-refractivity contribution in [3.8, 4) is 11.3 Å². The molecule has 1 atom stereocenters. The van der Waals surface area contributed by atoms with Gasteiger partial charge in [0.15, 0.2) is 0 Å². The van der Waals surface area contributed by atoms with Gasteiger partial charge in [-0.05, 0) is 23.8 Å². The van der Waals surface area contributed by atoms with Crippen LogP contribution in [-0.2, 0) is 4.79 Å². The largest absolute Gasteiger partial charge is 0.368 e. The fraction of sp³-hybridized carbons (Fsp3) is 0.320. The van der Waals surface area contributed by atoms with E-state index in [1.807, 2.05) is 54.8 Å². The second kappa shape index (κ2) is 9.39. The van der Waals surface area contributed by atoms with E-state index >= 15 is 0 Å². The molecule has 9 heteroatoms. The number of halogens is 3. The molecule has 1 unspecified atom stereocenters. The summed E-state index contributed by atoms with van der Waals surface area (Å²) in [5.41, 5.74) is 8.04. The summed E-state index contributed by atoms with van der Waals surface area (Å²) in [4.78, 5) is 25.3. The quantitative estimate of drug-likeness (QED) is 0.472. The van der Waals surface area contributed by atoms with Gasteiger partial charge in [0.25, 0.3) is 0 Å². The maximum Gasteiger partial charge on any atom is 0.228 e. The third-order valence-electron chi connectivity index (χ3n) is 5.84.